The van der Waals surface area contributed by atoms with E-state index in [9.17, 15) is 19.5 Å². The second-order valence-corrected chi connectivity index (χ2v) is 13.4. The van der Waals surface area contributed by atoms with Gasteiger partial charge in [-0.05, 0) is 82.6 Å². The number of aromatic hydroxyl groups is 1. The van der Waals surface area contributed by atoms with Gasteiger partial charge in [0, 0.05) is 68.4 Å². The van der Waals surface area contributed by atoms with Gasteiger partial charge in [0.2, 0.25) is 11.8 Å². The van der Waals surface area contributed by atoms with Crippen LogP contribution in [-0.4, -0.2) is 70.7 Å². The molecule has 1 atom stereocenters. The Bertz CT molecular complexity index is 1940. The van der Waals surface area contributed by atoms with Crippen molar-refractivity contribution in [1.82, 2.24) is 15.1 Å². The van der Waals surface area contributed by atoms with Crippen LogP contribution in [0.25, 0.3) is 11.1 Å². The molecule has 0 spiro atoms. The predicted molar refractivity (Wildman–Crippen MR) is 192 cm³/mol. The number of nitrogens with one attached hydrogen (secondary N) is 1. The highest BCUT2D eigenvalue weighted by molar-refractivity contribution is 6.18. The van der Waals surface area contributed by atoms with Crippen molar-refractivity contribution in [2.24, 2.45) is 0 Å². The largest absolute Gasteiger partial charge is 0.508 e. The Morgan fingerprint density at radius 3 is 2.20 bits per heavy atom. The van der Waals surface area contributed by atoms with Crippen molar-refractivity contribution in [3.8, 4) is 5.75 Å². The van der Waals surface area contributed by atoms with Crippen molar-refractivity contribution < 1.29 is 23.9 Å². The molecule has 3 amide bonds. The molecule has 3 heterocycles. The molecular formula is C40H38ClFN4O4. The Morgan fingerprint density at radius 1 is 0.860 bits per heavy atom. The minimum Gasteiger partial charge on any atom is -0.508 e. The van der Waals surface area contributed by atoms with E-state index in [1.165, 1.54) is 11.0 Å². The number of piperazine rings is 1. The molecule has 0 saturated carbocycles. The quantitative estimate of drug-likeness (QED) is 0.123. The molecule has 4 aromatic rings. The number of phenols is 1. The van der Waals surface area contributed by atoms with Crippen molar-refractivity contribution >= 4 is 46.2 Å². The first-order chi connectivity index (χ1) is 24.3. The van der Waals surface area contributed by atoms with Gasteiger partial charge in [-0.1, -0.05) is 54.6 Å². The fourth-order valence-corrected chi connectivity index (χ4v) is 7.49. The number of anilines is 1. The van der Waals surface area contributed by atoms with Gasteiger partial charge >= 0.3 is 0 Å². The zero-order valence-corrected chi connectivity index (χ0v) is 28.3. The highest BCUT2D eigenvalue weighted by Gasteiger charge is 2.39. The lowest BCUT2D eigenvalue weighted by atomic mass is 9.88. The average molecular weight is 693 g/mol. The summed E-state index contributed by atoms with van der Waals surface area (Å²) in [6, 6.07) is 28.4. The molecule has 7 rings (SSSR count). The first-order valence-corrected chi connectivity index (χ1v) is 17.5. The maximum absolute atomic E-state index is 15.3. The molecule has 256 valence electrons. The van der Waals surface area contributed by atoms with Crippen LogP contribution >= 0.6 is 11.6 Å². The van der Waals surface area contributed by atoms with Gasteiger partial charge in [-0.15, -0.1) is 11.6 Å². The third-order valence-corrected chi connectivity index (χ3v) is 10.1. The molecule has 8 nitrogen and oxygen atoms in total. The third-order valence-electron chi connectivity index (χ3n) is 9.90. The number of rotatable bonds is 9. The van der Waals surface area contributed by atoms with Gasteiger partial charge in [0.15, 0.2) is 0 Å². The van der Waals surface area contributed by atoms with Gasteiger partial charge in [-0.3, -0.25) is 24.6 Å². The third kappa shape index (κ3) is 6.88. The highest BCUT2D eigenvalue weighted by atomic mass is 35.5. The Kier molecular flexibility index (Phi) is 9.70. The van der Waals surface area contributed by atoms with Crippen LogP contribution in [0.15, 0.2) is 91.0 Å². The van der Waals surface area contributed by atoms with Gasteiger partial charge in [0.05, 0.1) is 0 Å². The van der Waals surface area contributed by atoms with Crippen LogP contribution in [0.2, 0.25) is 0 Å². The van der Waals surface area contributed by atoms with E-state index in [0.29, 0.717) is 30.0 Å². The predicted octanol–water partition coefficient (Wildman–Crippen LogP) is 6.20. The number of hydrogen-bond donors (Lipinski definition) is 2. The number of alkyl halides is 1. The molecule has 3 aliphatic rings. The monoisotopic (exact) mass is 692 g/mol. The Labute approximate surface area is 295 Å². The summed E-state index contributed by atoms with van der Waals surface area (Å²) in [7, 11) is 0. The smallest absolute Gasteiger partial charge is 0.255 e. The van der Waals surface area contributed by atoms with E-state index in [-0.39, 0.29) is 42.5 Å². The van der Waals surface area contributed by atoms with E-state index >= 15 is 4.39 Å². The van der Waals surface area contributed by atoms with Gasteiger partial charge in [0.1, 0.15) is 17.6 Å². The first kappa shape index (κ1) is 33.5. The normalized spacial score (nSPS) is 18.6. The number of hydrogen-bond acceptors (Lipinski definition) is 6. The zero-order valence-electron chi connectivity index (χ0n) is 27.6. The molecule has 3 aliphatic heterocycles. The van der Waals surface area contributed by atoms with Crippen molar-refractivity contribution in [1.29, 1.82) is 0 Å². The van der Waals surface area contributed by atoms with Crippen molar-refractivity contribution in [3.63, 3.8) is 0 Å². The fraction of sp³-hybridized carbons (Fsp3) is 0.275. The lowest BCUT2D eigenvalue weighted by molar-refractivity contribution is -0.136. The van der Waals surface area contributed by atoms with Crippen LogP contribution in [0, 0.1) is 5.82 Å². The molecule has 2 N–H and O–H groups in total. The minimum absolute atomic E-state index is 0.175. The Morgan fingerprint density at radius 2 is 1.54 bits per heavy atom. The van der Waals surface area contributed by atoms with Crippen molar-refractivity contribution in [2.75, 3.05) is 37.0 Å². The van der Waals surface area contributed by atoms with Crippen molar-refractivity contribution in [3.05, 3.63) is 130 Å². The molecule has 0 aromatic heterocycles. The summed E-state index contributed by atoms with van der Waals surface area (Å²) < 4.78 is 15.3. The number of carbonyl (C=O) groups is 3. The molecule has 0 radical (unpaired) electrons. The van der Waals surface area contributed by atoms with Gasteiger partial charge in [-0.25, -0.2) is 4.39 Å². The summed E-state index contributed by atoms with van der Waals surface area (Å²) in [6.07, 6.45) is 1.13. The van der Waals surface area contributed by atoms with Crippen LogP contribution in [-0.2, 0) is 22.7 Å². The number of piperidine rings is 1. The number of amides is 3. The lowest BCUT2D eigenvalue weighted by Crippen LogP contribution is -2.52. The summed E-state index contributed by atoms with van der Waals surface area (Å²) in [5.74, 6) is -0.932. The molecule has 4 aromatic carbocycles. The van der Waals surface area contributed by atoms with E-state index in [2.05, 4.69) is 51.5 Å². The number of benzene rings is 4. The van der Waals surface area contributed by atoms with Crippen LogP contribution in [0.5, 0.6) is 5.75 Å². The van der Waals surface area contributed by atoms with Crippen LogP contribution in [0.3, 0.4) is 0 Å². The standard InChI is InChI=1S/C40H38ClFN4O4/c41-17-16-33(26-4-2-1-3-5-26)38(28-8-12-32(47)13-9-28)27-6-10-31(11-7-27)45-20-18-44(19-21-45)24-30-22-29-25-46(40(50)34(29)23-35(30)42)36-14-15-37(48)43-39(36)49/h1-13,22-23,36,47H,14-21,24-25H2,(H,43,48,49). The van der Waals surface area contributed by atoms with Gasteiger partial charge in [0.25, 0.3) is 5.91 Å². The summed E-state index contributed by atoms with van der Waals surface area (Å²) in [5.41, 5.74) is 8.00. The van der Waals surface area contributed by atoms with E-state index in [0.717, 1.165) is 59.7 Å². The molecule has 0 aliphatic carbocycles. The summed E-state index contributed by atoms with van der Waals surface area (Å²) >= 11 is 6.32. The first-order valence-electron chi connectivity index (χ1n) is 17.0. The number of nitrogens with zero attached hydrogens (tertiary/aromatic N) is 3. The van der Waals surface area contributed by atoms with Crippen LogP contribution < -0.4 is 10.2 Å². The van der Waals surface area contributed by atoms with E-state index in [4.69, 9.17) is 11.6 Å². The minimum atomic E-state index is -0.728. The summed E-state index contributed by atoms with van der Waals surface area (Å²) in [4.78, 5) is 43.1. The number of phenolic OH excluding ortho intramolecular Hbond substituents is 1. The van der Waals surface area contributed by atoms with E-state index in [1.807, 2.05) is 30.3 Å². The number of imide groups is 1. The molecule has 2 saturated heterocycles. The maximum atomic E-state index is 15.3. The van der Waals surface area contributed by atoms with Crippen molar-refractivity contribution in [2.45, 2.75) is 38.4 Å². The number of halogens is 2. The number of carbonyl (C=O) groups excluding carboxylic acids is 3. The molecule has 0 bridgehead atoms. The van der Waals surface area contributed by atoms with Crippen LogP contribution in [0.1, 0.15) is 57.4 Å². The number of fused-ring (bicyclic) bond motifs is 1. The van der Waals surface area contributed by atoms with Crippen LogP contribution in [0.4, 0.5) is 10.1 Å². The SMILES string of the molecule is O=C1CCC(N2Cc3cc(CN4CCN(c5ccc(C(=C(CCCl)c6ccccc6)c6ccc(O)cc6)cc5)CC4)c(F)cc3C2=O)C(=O)N1. The van der Waals surface area contributed by atoms with E-state index in [1.54, 1.807) is 18.2 Å². The molecule has 2 fully saturated rings. The fourth-order valence-electron chi connectivity index (χ4n) is 7.30. The van der Waals surface area contributed by atoms with Gasteiger partial charge in [-0.2, -0.15) is 0 Å². The number of allylic oxidation sites excluding steroid dienone is 1. The second-order valence-electron chi connectivity index (χ2n) is 13.0. The highest BCUT2D eigenvalue weighted by Crippen LogP contribution is 2.36. The molecule has 1 unspecified atom stereocenters. The molecule has 10 heteroatoms. The average Bonchev–Trinajstić information content (AvgIpc) is 3.44. The van der Waals surface area contributed by atoms with Gasteiger partial charge < -0.3 is 14.9 Å². The topological polar surface area (TPSA) is 93.2 Å². The Balaban J connectivity index is 1.04. The Hall–Kier alpha value is -4.99. The molecule has 50 heavy (non-hydrogen) atoms. The zero-order chi connectivity index (χ0) is 34.8. The summed E-state index contributed by atoms with van der Waals surface area (Å²) in [5, 5.41) is 12.3. The lowest BCUT2D eigenvalue weighted by Gasteiger charge is -2.36. The second kappa shape index (κ2) is 14.5. The maximum Gasteiger partial charge on any atom is 0.255 e. The van der Waals surface area contributed by atoms with E-state index < -0.39 is 17.8 Å². The molecular weight excluding hydrogens is 655 g/mol. The summed E-state index contributed by atoms with van der Waals surface area (Å²) in [6.45, 7) is 3.67.